The molecule has 2 atom stereocenters. The Morgan fingerprint density at radius 2 is 2.25 bits per heavy atom. The van der Waals surface area contributed by atoms with Crippen LogP contribution in [-0.4, -0.2) is 27.7 Å². The summed E-state index contributed by atoms with van der Waals surface area (Å²) in [6, 6.07) is 0.215. The molecule has 0 saturated carbocycles. The molecule has 1 rings (SSSR count). The maximum absolute atomic E-state index is 9.39. The molecule has 2 N–H and O–H groups in total. The Balaban J connectivity index is 2.18. The van der Waals surface area contributed by atoms with Gasteiger partial charge in [-0.05, 0) is 32.7 Å². The molecule has 16 heavy (non-hydrogen) atoms. The highest BCUT2D eigenvalue weighted by Crippen LogP contribution is 2.07. The summed E-state index contributed by atoms with van der Waals surface area (Å²) in [4.78, 5) is 8.27. The molecule has 0 aliphatic carbocycles. The second-order valence-electron chi connectivity index (χ2n) is 4.01. The SMILES string of the molecule is CCC(O)CCCNC(C)c1cnccn1. The lowest BCUT2D eigenvalue weighted by atomic mass is 10.1. The topological polar surface area (TPSA) is 58.0 Å². The van der Waals surface area contributed by atoms with Crippen molar-refractivity contribution in [2.24, 2.45) is 0 Å². The van der Waals surface area contributed by atoms with Gasteiger partial charge < -0.3 is 10.4 Å². The van der Waals surface area contributed by atoms with E-state index in [1.54, 1.807) is 18.6 Å². The van der Waals surface area contributed by atoms with Crippen molar-refractivity contribution >= 4 is 0 Å². The Morgan fingerprint density at radius 1 is 1.44 bits per heavy atom. The van der Waals surface area contributed by atoms with Crippen LogP contribution in [0, 0.1) is 0 Å². The molecule has 1 aromatic heterocycles. The number of aromatic nitrogens is 2. The summed E-state index contributed by atoms with van der Waals surface area (Å²) in [7, 11) is 0. The standard InChI is InChI=1S/C12H21N3O/c1-3-11(16)5-4-6-14-10(2)12-9-13-7-8-15-12/h7-11,14,16H,3-6H2,1-2H3. The summed E-state index contributed by atoms with van der Waals surface area (Å²) >= 11 is 0. The second kappa shape index (κ2) is 7.30. The van der Waals surface area contributed by atoms with Crippen LogP contribution in [0.5, 0.6) is 0 Å². The number of nitrogens with one attached hydrogen (secondary N) is 1. The fraction of sp³-hybridized carbons (Fsp3) is 0.667. The van der Waals surface area contributed by atoms with Crippen molar-refractivity contribution in [1.82, 2.24) is 15.3 Å². The summed E-state index contributed by atoms with van der Waals surface area (Å²) < 4.78 is 0. The molecule has 0 aromatic carbocycles. The first-order valence-electron chi connectivity index (χ1n) is 5.91. The van der Waals surface area contributed by atoms with Gasteiger partial charge in [0.1, 0.15) is 0 Å². The smallest absolute Gasteiger partial charge is 0.0753 e. The number of aliphatic hydroxyl groups is 1. The van der Waals surface area contributed by atoms with E-state index in [1.165, 1.54) is 0 Å². The monoisotopic (exact) mass is 223 g/mol. The second-order valence-corrected chi connectivity index (χ2v) is 4.01. The van der Waals surface area contributed by atoms with E-state index in [-0.39, 0.29) is 12.1 Å². The van der Waals surface area contributed by atoms with E-state index in [2.05, 4.69) is 22.2 Å². The van der Waals surface area contributed by atoms with Crippen molar-refractivity contribution in [2.75, 3.05) is 6.54 Å². The highest BCUT2D eigenvalue weighted by molar-refractivity contribution is 5.00. The number of rotatable bonds is 7. The minimum atomic E-state index is -0.159. The molecule has 0 radical (unpaired) electrons. The Morgan fingerprint density at radius 3 is 2.88 bits per heavy atom. The van der Waals surface area contributed by atoms with Crippen molar-refractivity contribution in [3.63, 3.8) is 0 Å². The minimum Gasteiger partial charge on any atom is -0.393 e. The Hall–Kier alpha value is -1.00. The first-order chi connectivity index (χ1) is 7.74. The van der Waals surface area contributed by atoms with Crippen molar-refractivity contribution in [3.8, 4) is 0 Å². The van der Waals surface area contributed by atoms with Gasteiger partial charge in [0.25, 0.3) is 0 Å². The molecule has 0 spiro atoms. The maximum atomic E-state index is 9.39. The van der Waals surface area contributed by atoms with Gasteiger partial charge in [-0.1, -0.05) is 6.92 Å². The Kier molecular flexibility index (Phi) is 5.96. The maximum Gasteiger partial charge on any atom is 0.0753 e. The van der Waals surface area contributed by atoms with Gasteiger partial charge in [0.05, 0.1) is 11.8 Å². The lowest BCUT2D eigenvalue weighted by Gasteiger charge is -2.13. The molecule has 4 nitrogen and oxygen atoms in total. The molecular formula is C12H21N3O. The van der Waals surface area contributed by atoms with Crippen molar-refractivity contribution < 1.29 is 5.11 Å². The zero-order chi connectivity index (χ0) is 11.8. The highest BCUT2D eigenvalue weighted by atomic mass is 16.3. The van der Waals surface area contributed by atoms with Crippen LogP contribution in [0.1, 0.15) is 44.8 Å². The summed E-state index contributed by atoms with van der Waals surface area (Å²) in [6.45, 7) is 4.97. The van der Waals surface area contributed by atoms with Crippen molar-refractivity contribution in [1.29, 1.82) is 0 Å². The van der Waals surface area contributed by atoms with Crippen molar-refractivity contribution in [3.05, 3.63) is 24.3 Å². The van der Waals surface area contributed by atoms with Crippen LogP contribution in [0.25, 0.3) is 0 Å². The van der Waals surface area contributed by atoms with E-state index < -0.39 is 0 Å². The number of aliphatic hydroxyl groups excluding tert-OH is 1. The van der Waals surface area contributed by atoms with Gasteiger partial charge in [0, 0.05) is 24.6 Å². The third-order valence-electron chi connectivity index (χ3n) is 2.66. The predicted molar refractivity (Wildman–Crippen MR) is 64.0 cm³/mol. The molecule has 90 valence electrons. The van der Waals surface area contributed by atoms with Crippen LogP contribution in [0.2, 0.25) is 0 Å². The third kappa shape index (κ3) is 4.68. The fourth-order valence-corrected chi connectivity index (χ4v) is 1.50. The quantitative estimate of drug-likeness (QED) is 0.690. The van der Waals surface area contributed by atoms with E-state index in [4.69, 9.17) is 0 Å². The summed E-state index contributed by atoms with van der Waals surface area (Å²) in [5, 5.41) is 12.8. The number of hydrogen-bond donors (Lipinski definition) is 2. The van der Waals surface area contributed by atoms with E-state index in [0.29, 0.717) is 0 Å². The lowest BCUT2D eigenvalue weighted by molar-refractivity contribution is 0.157. The molecule has 0 saturated heterocycles. The van der Waals surface area contributed by atoms with Gasteiger partial charge in [-0.2, -0.15) is 0 Å². The molecule has 0 amide bonds. The zero-order valence-electron chi connectivity index (χ0n) is 10.1. The van der Waals surface area contributed by atoms with Gasteiger partial charge >= 0.3 is 0 Å². The number of nitrogens with zero attached hydrogens (tertiary/aromatic N) is 2. The van der Waals surface area contributed by atoms with Crippen LogP contribution < -0.4 is 5.32 Å². The summed E-state index contributed by atoms with van der Waals surface area (Å²) in [5.74, 6) is 0. The molecule has 0 bridgehead atoms. The Labute approximate surface area is 97.1 Å². The normalized spacial score (nSPS) is 14.7. The van der Waals surface area contributed by atoms with Gasteiger partial charge in [0.2, 0.25) is 0 Å². The highest BCUT2D eigenvalue weighted by Gasteiger charge is 2.06. The van der Waals surface area contributed by atoms with Crippen LogP contribution in [0.4, 0.5) is 0 Å². The van der Waals surface area contributed by atoms with Crippen LogP contribution in [-0.2, 0) is 0 Å². The van der Waals surface area contributed by atoms with Gasteiger partial charge in [-0.3, -0.25) is 9.97 Å². The van der Waals surface area contributed by atoms with Crippen LogP contribution in [0.15, 0.2) is 18.6 Å². The van der Waals surface area contributed by atoms with Gasteiger partial charge in [-0.15, -0.1) is 0 Å². The molecule has 0 aliphatic rings. The molecular weight excluding hydrogens is 202 g/mol. The first-order valence-corrected chi connectivity index (χ1v) is 5.91. The zero-order valence-corrected chi connectivity index (χ0v) is 10.1. The largest absolute Gasteiger partial charge is 0.393 e. The Bertz CT molecular complexity index is 279. The minimum absolute atomic E-state index is 0.159. The molecule has 4 heteroatoms. The molecule has 0 fully saturated rings. The number of hydrogen-bond acceptors (Lipinski definition) is 4. The van der Waals surface area contributed by atoms with Crippen molar-refractivity contribution in [2.45, 2.75) is 45.3 Å². The van der Waals surface area contributed by atoms with E-state index in [9.17, 15) is 5.11 Å². The van der Waals surface area contributed by atoms with Gasteiger partial charge in [0.15, 0.2) is 0 Å². The average Bonchev–Trinajstić information content (AvgIpc) is 2.35. The molecule has 1 aromatic rings. The summed E-state index contributed by atoms with van der Waals surface area (Å²) in [5.41, 5.74) is 0.957. The van der Waals surface area contributed by atoms with Crippen LogP contribution >= 0.6 is 0 Å². The van der Waals surface area contributed by atoms with E-state index >= 15 is 0 Å². The van der Waals surface area contributed by atoms with Gasteiger partial charge in [-0.25, -0.2) is 0 Å². The molecule has 2 unspecified atom stereocenters. The lowest BCUT2D eigenvalue weighted by Crippen LogP contribution is -2.21. The average molecular weight is 223 g/mol. The van der Waals surface area contributed by atoms with Crippen LogP contribution in [0.3, 0.4) is 0 Å². The van der Waals surface area contributed by atoms with E-state index in [0.717, 1.165) is 31.5 Å². The third-order valence-corrected chi connectivity index (χ3v) is 2.66. The first kappa shape index (κ1) is 13.1. The molecule has 0 aliphatic heterocycles. The molecule has 1 heterocycles. The predicted octanol–water partition coefficient (Wildman–Crippen LogP) is 1.68. The fourth-order valence-electron chi connectivity index (χ4n) is 1.50. The van der Waals surface area contributed by atoms with E-state index in [1.807, 2.05) is 6.92 Å². The summed E-state index contributed by atoms with van der Waals surface area (Å²) in [6.07, 6.45) is 7.67.